The molecule has 1 fully saturated rings. The fourth-order valence-corrected chi connectivity index (χ4v) is 3.39. The third-order valence-corrected chi connectivity index (χ3v) is 4.76. The number of aliphatic hydroxyl groups is 1. The molecule has 2 aromatic carbocycles. The summed E-state index contributed by atoms with van der Waals surface area (Å²) in [7, 11) is 0. The second-order valence-corrected chi connectivity index (χ2v) is 7.36. The van der Waals surface area contributed by atoms with Crippen molar-refractivity contribution in [1.29, 1.82) is 0 Å². The summed E-state index contributed by atoms with van der Waals surface area (Å²) < 4.78 is 5.77. The Balaban J connectivity index is 1.73. The van der Waals surface area contributed by atoms with Gasteiger partial charge in [-0.05, 0) is 37.1 Å². The molecule has 1 aliphatic heterocycles. The molecule has 7 nitrogen and oxygen atoms in total. The van der Waals surface area contributed by atoms with E-state index in [1.54, 1.807) is 17.0 Å². The maximum atomic E-state index is 12.4. The van der Waals surface area contributed by atoms with Crippen LogP contribution in [-0.2, 0) is 16.1 Å². The number of hydrogen-bond acceptors (Lipinski definition) is 4. The van der Waals surface area contributed by atoms with Gasteiger partial charge in [-0.1, -0.05) is 42.5 Å². The van der Waals surface area contributed by atoms with Gasteiger partial charge in [0.1, 0.15) is 12.7 Å². The molecule has 3 amide bonds. The largest absolute Gasteiger partial charge is 0.394 e. The molecule has 0 bridgehead atoms. The minimum atomic E-state index is -0.487. The van der Waals surface area contributed by atoms with E-state index in [1.807, 2.05) is 56.3 Å². The molecule has 0 spiro atoms. The van der Waals surface area contributed by atoms with E-state index >= 15 is 0 Å². The molecular formula is C22H27N3O4. The maximum absolute atomic E-state index is 12.4. The molecule has 0 saturated carbocycles. The van der Waals surface area contributed by atoms with E-state index in [0.717, 1.165) is 11.1 Å². The van der Waals surface area contributed by atoms with E-state index in [4.69, 9.17) is 4.74 Å². The summed E-state index contributed by atoms with van der Waals surface area (Å²) >= 11 is 0. The van der Waals surface area contributed by atoms with Gasteiger partial charge in [-0.15, -0.1) is 0 Å². The van der Waals surface area contributed by atoms with Gasteiger partial charge in [0.25, 0.3) is 0 Å². The Kier molecular flexibility index (Phi) is 6.85. The number of nitrogens with one attached hydrogen (secondary N) is 2. The number of ether oxygens (including phenoxy) is 1. The van der Waals surface area contributed by atoms with Gasteiger partial charge in [0.2, 0.25) is 5.91 Å². The first-order valence-corrected chi connectivity index (χ1v) is 9.71. The van der Waals surface area contributed by atoms with Crippen LogP contribution in [0.4, 0.5) is 10.5 Å². The van der Waals surface area contributed by atoms with Gasteiger partial charge in [0, 0.05) is 18.3 Å². The molecule has 29 heavy (non-hydrogen) atoms. The SMILES string of the molecule is CC(C)NC(=O)Nc1ccc(C2OCC(=O)N(Cc3ccccc3)C2CO)cc1. The van der Waals surface area contributed by atoms with Crippen LogP contribution in [0.25, 0.3) is 0 Å². The van der Waals surface area contributed by atoms with Gasteiger partial charge in [-0.2, -0.15) is 0 Å². The number of rotatable bonds is 6. The van der Waals surface area contributed by atoms with E-state index in [0.29, 0.717) is 12.2 Å². The molecule has 1 saturated heterocycles. The number of urea groups is 1. The maximum Gasteiger partial charge on any atom is 0.319 e. The third-order valence-electron chi connectivity index (χ3n) is 4.76. The van der Waals surface area contributed by atoms with Crippen LogP contribution in [0.15, 0.2) is 54.6 Å². The summed E-state index contributed by atoms with van der Waals surface area (Å²) in [5.74, 6) is -0.146. The molecule has 154 valence electrons. The van der Waals surface area contributed by atoms with E-state index < -0.39 is 12.1 Å². The summed E-state index contributed by atoms with van der Waals surface area (Å²) in [5, 5.41) is 15.5. The Morgan fingerprint density at radius 2 is 1.86 bits per heavy atom. The average molecular weight is 397 g/mol. The standard InChI is InChI=1S/C22H27N3O4/c1-15(2)23-22(28)24-18-10-8-17(9-11-18)21-19(13-26)25(20(27)14-29-21)12-16-6-4-3-5-7-16/h3-11,15,19,21,26H,12-14H2,1-2H3,(H2,23,24,28). The first-order chi connectivity index (χ1) is 14.0. The predicted octanol–water partition coefficient (Wildman–Crippen LogP) is 2.68. The highest BCUT2D eigenvalue weighted by Crippen LogP contribution is 2.30. The van der Waals surface area contributed by atoms with Crippen LogP contribution < -0.4 is 10.6 Å². The molecular weight excluding hydrogens is 370 g/mol. The number of carbonyl (C=O) groups excluding carboxylic acids is 2. The molecule has 3 N–H and O–H groups in total. The Morgan fingerprint density at radius 3 is 2.48 bits per heavy atom. The number of benzene rings is 2. The monoisotopic (exact) mass is 397 g/mol. The van der Waals surface area contributed by atoms with Crippen LogP contribution in [0.3, 0.4) is 0 Å². The fourth-order valence-electron chi connectivity index (χ4n) is 3.39. The Morgan fingerprint density at radius 1 is 1.17 bits per heavy atom. The average Bonchev–Trinajstić information content (AvgIpc) is 2.70. The molecule has 0 radical (unpaired) electrons. The highest BCUT2D eigenvalue weighted by molar-refractivity contribution is 5.89. The number of carbonyl (C=O) groups is 2. The lowest BCUT2D eigenvalue weighted by Crippen LogP contribution is -2.52. The van der Waals surface area contributed by atoms with Crippen LogP contribution in [0.2, 0.25) is 0 Å². The van der Waals surface area contributed by atoms with E-state index in [2.05, 4.69) is 10.6 Å². The van der Waals surface area contributed by atoms with Gasteiger partial charge >= 0.3 is 6.03 Å². The van der Waals surface area contributed by atoms with Gasteiger partial charge in [-0.3, -0.25) is 4.79 Å². The molecule has 2 unspecified atom stereocenters. The van der Waals surface area contributed by atoms with Gasteiger partial charge in [0.15, 0.2) is 0 Å². The van der Waals surface area contributed by atoms with Crippen molar-refractivity contribution in [3.05, 3.63) is 65.7 Å². The molecule has 0 aliphatic carbocycles. The van der Waals surface area contributed by atoms with Crippen molar-refractivity contribution in [2.24, 2.45) is 0 Å². The third kappa shape index (κ3) is 5.34. The molecule has 3 rings (SSSR count). The lowest BCUT2D eigenvalue weighted by molar-refractivity contribution is -0.162. The molecule has 2 atom stereocenters. The van der Waals surface area contributed by atoms with Crippen molar-refractivity contribution in [3.8, 4) is 0 Å². The van der Waals surface area contributed by atoms with Gasteiger partial charge in [0.05, 0.1) is 12.6 Å². The quantitative estimate of drug-likeness (QED) is 0.699. The highest BCUT2D eigenvalue weighted by Gasteiger charge is 2.37. The van der Waals surface area contributed by atoms with Crippen LogP contribution in [0.1, 0.15) is 31.1 Å². The molecule has 0 aromatic heterocycles. The van der Waals surface area contributed by atoms with Gasteiger partial charge < -0.3 is 25.4 Å². The first-order valence-electron chi connectivity index (χ1n) is 9.71. The van der Waals surface area contributed by atoms with Crippen molar-refractivity contribution in [2.75, 3.05) is 18.5 Å². The smallest absolute Gasteiger partial charge is 0.319 e. The second kappa shape index (κ2) is 9.54. The zero-order valence-electron chi connectivity index (χ0n) is 16.7. The van der Waals surface area contributed by atoms with Crippen molar-refractivity contribution < 1.29 is 19.4 Å². The first kappa shape index (κ1) is 20.8. The Hall–Kier alpha value is -2.90. The number of morpholine rings is 1. The van der Waals surface area contributed by atoms with Crippen molar-refractivity contribution in [1.82, 2.24) is 10.2 Å². The van der Waals surface area contributed by atoms with Gasteiger partial charge in [-0.25, -0.2) is 4.79 Å². The molecule has 1 aliphatic rings. The summed E-state index contributed by atoms with van der Waals surface area (Å²) in [6.07, 6.45) is -0.444. The minimum absolute atomic E-state index is 0.0369. The molecule has 7 heteroatoms. The Labute approximate surface area is 170 Å². The minimum Gasteiger partial charge on any atom is -0.394 e. The zero-order valence-corrected chi connectivity index (χ0v) is 16.7. The van der Waals surface area contributed by atoms with E-state index in [-0.39, 0.29) is 31.2 Å². The van der Waals surface area contributed by atoms with Crippen molar-refractivity contribution in [2.45, 2.75) is 38.6 Å². The molecule has 2 aromatic rings. The number of hydrogen-bond donors (Lipinski definition) is 3. The fraction of sp³-hybridized carbons (Fsp3) is 0.364. The van der Waals surface area contributed by atoms with Crippen LogP contribution >= 0.6 is 0 Å². The number of nitrogens with zero attached hydrogens (tertiary/aromatic N) is 1. The predicted molar refractivity (Wildman–Crippen MR) is 110 cm³/mol. The summed E-state index contributed by atoms with van der Waals surface area (Å²) in [5.41, 5.74) is 2.49. The summed E-state index contributed by atoms with van der Waals surface area (Å²) in [6, 6.07) is 16.2. The summed E-state index contributed by atoms with van der Waals surface area (Å²) in [6.45, 7) is 3.95. The normalized spacial score (nSPS) is 19.3. The molecule has 1 heterocycles. The lowest BCUT2D eigenvalue weighted by atomic mass is 9.98. The number of aliphatic hydroxyl groups excluding tert-OH is 1. The second-order valence-electron chi connectivity index (χ2n) is 7.36. The Bertz CT molecular complexity index is 824. The van der Waals surface area contributed by atoms with E-state index in [9.17, 15) is 14.7 Å². The lowest BCUT2D eigenvalue weighted by Gasteiger charge is -2.40. The van der Waals surface area contributed by atoms with Crippen LogP contribution in [0, 0.1) is 0 Å². The van der Waals surface area contributed by atoms with Crippen LogP contribution in [-0.4, -0.2) is 47.2 Å². The van der Waals surface area contributed by atoms with Crippen molar-refractivity contribution >= 4 is 17.6 Å². The zero-order chi connectivity index (χ0) is 20.8. The summed E-state index contributed by atoms with van der Waals surface area (Å²) in [4.78, 5) is 26.0. The van der Waals surface area contributed by atoms with Crippen molar-refractivity contribution in [3.63, 3.8) is 0 Å². The number of anilines is 1. The number of amides is 3. The highest BCUT2D eigenvalue weighted by atomic mass is 16.5. The van der Waals surface area contributed by atoms with Crippen LogP contribution in [0.5, 0.6) is 0 Å². The topological polar surface area (TPSA) is 90.9 Å². The van der Waals surface area contributed by atoms with E-state index in [1.165, 1.54) is 0 Å².